The summed E-state index contributed by atoms with van der Waals surface area (Å²) in [5, 5.41) is 2.74. The van der Waals surface area contributed by atoms with Crippen molar-refractivity contribution in [2.75, 3.05) is 23.7 Å². The Morgan fingerprint density at radius 2 is 1.76 bits per heavy atom. The Morgan fingerprint density at radius 3 is 2.36 bits per heavy atom. The zero-order chi connectivity index (χ0) is 24.8. The number of sulfonamides is 1. The average molecular weight is 478 g/mol. The van der Waals surface area contributed by atoms with Gasteiger partial charge in [0.05, 0.1) is 11.9 Å². The Bertz CT molecular complexity index is 1100. The zero-order valence-corrected chi connectivity index (χ0v) is 20.6. The summed E-state index contributed by atoms with van der Waals surface area (Å²) in [5.74, 6) is -1.51. The number of nitrogens with one attached hydrogen (secondary N) is 1. The molecule has 0 heterocycles. The highest BCUT2D eigenvalue weighted by Crippen LogP contribution is 2.25. The van der Waals surface area contributed by atoms with Crippen molar-refractivity contribution in [3.63, 3.8) is 0 Å². The summed E-state index contributed by atoms with van der Waals surface area (Å²) in [6.07, 6.45) is 1.74. The van der Waals surface area contributed by atoms with Gasteiger partial charge in [0.1, 0.15) is 18.4 Å². The first-order valence-corrected chi connectivity index (χ1v) is 12.7. The summed E-state index contributed by atoms with van der Waals surface area (Å²) in [5.41, 5.74) is 2.23. The predicted octanol–water partition coefficient (Wildman–Crippen LogP) is 3.15. The number of nitrogens with zero attached hydrogens (tertiary/aromatic N) is 2. The van der Waals surface area contributed by atoms with Gasteiger partial charge in [-0.05, 0) is 50.5 Å². The van der Waals surface area contributed by atoms with E-state index in [4.69, 9.17) is 0 Å². The van der Waals surface area contributed by atoms with E-state index in [1.807, 2.05) is 19.9 Å². The molecule has 0 saturated heterocycles. The van der Waals surface area contributed by atoms with Crippen LogP contribution in [0.15, 0.2) is 42.5 Å². The minimum atomic E-state index is -3.82. The molecule has 33 heavy (non-hydrogen) atoms. The van der Waals surface area contributed by atoms with E-state index in [9.17, 15) is 22.4 Å². The van der Waals surface area contributed by atoms with E-state index in [2.05, 4.69) is 5.32 Å². The van der Waals surface area contributed by atoms with Gasteiger partial charge in [0.15, 0.2) is 0 Å². The molecule has 0 aliphatic heterocycles. The minimum absolute atomic E-state index is 0.170. The molecule has 2 aromatic carbocycles. The number of benzene rings is 2. The summed E-state index contributed by atoms with van der Waals surface area (Å²) >= 11 is 0. The molecular weight excluding hydrogens is 445 g/mol. The first kappa shape index (κ1) is 26.3. The van der Waals surface area contributed by atoms with Crippen LogP contribution in [0.25, 0.3) is 0 Å². The Balaban J connectivity index is 2.43. The van der Waals surface area contributed by atoms with Crippen LogP contribution in [0.1, 0.15) is 37.0 Å². The second-order valence-corrected chi connectivity index (χ2v) is 9.98. The zero-order valence-electron chi connectivity index (χ0n) is 19.8. The summed E-state index contributed by atoms with van der Waals surface area (Å²) in [6, 6.07) is 10.3. The molecule has 0 fully saturated rings. The lowest BCUT2D eigenvalue weighted by Crippen LogP contribution is -2.51. The smallest absolute Gasteiger partial charge is 0.244 e. The van der Waals surface area contributed by atoms with Crippen LogP contribution >= 0.6 is 0 Å². The second kappa shape index (κ2) is 11.3. The molecule has 0 radical (unpaired) electrons. The van der Waals surface area contributed by atoms with Gasteiger partial charge in [0.25, 0.3) is 0 Å². The van der Waals surface area contributed by atoms with Crippen LogP contribution in [0, 0.1) is 19.7 Å². The van der Waals surface area contributed by atoms with E-state index in [0.717, 1.165) is 21.7 Å². The summed E-state index contributed by atoms with van der Waals surface area (Å²) < 4.78 is 40.6. The molecule has 1 N–H and O–H groups in total. The lowest BCUT2D eigenvalue weighted by atomic mass is 10.1. The Hall–Kier alpha value is -2.94. The monoisotopic (exact) mass is 477 g/mol. The van der Waals surface area contributed by atoms with E-state index in [1.165, 1.54) is 23.1 Å². The third-order valence-electron chi connectivity index (χ3n) is 5.54. The largest absolute Gasteiger partial charge is 0.354 e. The molecule has 0 saturated carbocycles. The molecule has 1 atom stereocenters. The maximum Gasteiger partial charge on any atom is 0.244 e. The van der Waals surface area contributed by atoms with Gasteiger partial charge in [-0.25, -0.2) is 12.8 Å². The topological polar surface area (TPSA) is 86.8 Å². The molecule has 0 bridgehead atoms. The quantitative estimate of drug-likeness (QED) is 0.570. The van der Waals surface area contributed by atoms with Crippen molar-refractivity contribution in [1.82, 2.24) is 10.2 Å². The first-order valence-electron chi connectivity index (χ1n) is 10.8. The summed E-state index contributed by atoms with van der Waals surface area (Å²) in [6.45, 7) is 6.84. The Kier molecular flexibility index (Phi) is 8.99. The van der Waals surface area contributed by atoms with Crippen molar-refractivity contribution in [3.05, 3.63) is 65.0 Å². The van der Waals surface area contributed by atoms with Gasteiger partial charge in [-0.15, -0.1) is 0 Å². The third-order valence-corrected chi connectivity index (χ3v) is 6.67. The van der Waals surface area contributed by atoms with Crippen molar-refractivity contribution in [1.29, 1.82) is 0 Å². The number of aryl methyl sites for hydroxylation is 1. The predicted molar refractivity (Wildman–Crippen MR) is 128 cm³/mol. The van der Waals surface area contributed by atoms with Crippen LogP contribution in [0.2, 0.25) is 0 Å². The van der Waals surface area contributed by atoms with Crippen molar-refractivity contribution < 1.29 is 22.4 Å². The molecule has 180 valence electrons. The lowest BCUT2D eigenvalue weighted by Gasteiger charge is -2.32. The van der Waals surface area contributed by atoms with E-state index in [0.29, 0.717) is 18.7 Å². The summed E-state index contributed by atoms with van der Waals surface area (Å²) in [4.78, 5) is 27.3. The third kappa shape index (κ3) is 6.77. The average Bonchev–Trinajstić information content (AvgIpc) is 2.76. The molecule has 0 aliphatic rings. The van der Waals surface area contributed by atoms with Crippen molar-refractivity contribution in [2.24, 2.45) is 0 Å². The van der Waals surface area contributed by atoms with E-state index < -0.39 is 34.3 Å². The molecule has 0 spiro atoms. The molecule has 2 amide bonds. The number of halogens is 1. The van der Waals surface area contributed by atoms with Crippen LogP contribution in [0.3, 0.4) is 0 Å². The van der Waals surface area contributed by atoms with Gasteiger partial charge < -0.3 is 10.2 Å². The molecule has 0 aromatic heterocycles. The molecule has 0 aliphatic carbocycles. The number of carbonyl (C=O) groups is 2. The highest BCUT2D eigenvalue weighted by Gasteiger charge is 2.31. The highest BCUT2D eigenvalue weighted by molar-refractivity contribution is 7.92. The Labute approximate surface area is 195 Å². The van der Waals surface area contributed by atoms with Crippen LogP contribution < -0.4 is 9.62 Å². The fourth-order valence-electron chi connectivity index (χ4n) is 3.39. The van der Waals surface area contributed by atoms with Crippen molar-refractivity contribution in [3.8, 4) is 0 Å². The van der Waals surface area contributed by atoms with Gasteiger partial charge in [0.2, 0.25) is 21.8 Å². The number of hydrogen-bond acceptors (Lipinski definition) is 4. The lowest BCUT2D eigenvalue weighted by molar-refractivity contribution is -0.139. The van der Waals surface area contributed by atoms with E-state index >= 15 is 0 Å². The van der Waals surface area contributed by atoms with Gasteiger partial charge in [-0.1, -0.05) is 37.3 Å². The second-order valence-electron chi connectivity index (χ2n) is 8.07. The van der Waals surface area contributed by atoms with Gasteiger partial charge >= 0.3 is 0 Å². The number of amides is 2. The molecule has 2 aromatic rings. The van der Waals surface area contributed by atoms with Crippen molar-refractivity contribution >= 4 is 27.5 Å². The maximum atomic E-state index is 14.3. The molecule has 1 unspecified atom stereocenters. The number of carbonyl (C=O) groups excluding carboxylic acids is 2. The van der Waals surface area contributed by atoms with Gasteiger partial charge in [-0.2, -0.15) is 0 Å². The van der Waals surface area contributed by atoms with Crippen LogP contribution in [0.4, 0.5) is 10.1 Å². The van der Waals surface area contributed by atoms with E-state index in [-0.39, 0.29) is 18.0 Å². The Morgan fingerprint density at radius 1 is 1.09 bits per heavy atom. The fourth-order valence-corrected chi connectivity index (χ4v) is 4.29. The van der Waals surface area contributed by atoms with Crippen LogP contribution in [0.5, 0.6) is 0 Å². The first-order chi connectivity index (χ1) is 15.5. The van der Waals surface area contributed by atoms with Gasteiger partial charge in [0, 0.05) is 18.7 Å². The highest BCUT2D eigenvalue weighted by atomic mass is 32.2. The minimum Gasteiger partial charge on any atom is -0.354 e. The molecule has 2 rings (SSSR count). The number of rotatable bonds is 10. The SMILES string of the molecule is CCCNC(=O)C(C)N(Cc1ccccc1F)C(=O)CN(c1cccc(C)c1C)S(C)(=O)=O. The normalized spacial score (nSPS) is 12.2. The van der Waals surface area contributed by atoms with Gasteiger partial charge in [-0.3, -0.25) is 13.9 Å². The standard InChI is InChI=1S/C24H32FN3O4S/c1-6-14-26-24(30)19(4)27(15-20-11-7-8-12-21(20)25)23(29)16-28(33(5,31)32)22-13-9-10-17(2)18(22)3/h7-13,19H,6,14-16H2,1-5H3,(H,26,30). The fraction of sp³-hybridized carbons (Fsp3) is 0.417. The molecular formula is C24H32FN3O4S. The summed E-state index contributed by atoms with van der Waals surface area (Å²) in [7, 11) is -3.82. The molecule has 7 nitrogen and oxygen atoms in total. The van der Waals surface area contributed by atoms with Crippen molar-refractivity contribution in [2.45, 2.75) is 46.7 Å². The van der Waals surface area contributed by atoms with E-state index in [1.54, 1.807) is 32.0 Å². The van der Waals surface area contributed by atoms with Crippen LogP contribution in [-0.4, -0.2) is 50.5 Å². The maximum absolute atomic E-state index is 14.3. The van der Waals surface area contributed by atoms with Crippen LogP contribution in [-0.2, 0) is 26.2 Å². The number of hydrogen-bond donors (Lipinski definition) is 1. The number of anilines is 1. The molecule has 9 heteroatoms.